The van der Waals surface area contributed by atoms with E-state index < -0.39 is 16.8 Å². The van der Waals surface area contributed by atoms with Crippen molar-refractivity contribution in [2.24, 2.45) is 0 Å². The van der Waals surface area contributed by atoms with Gasteiger partial charge >= 0.3 is 5.97 Å². The Morgan fingerprint density at radius 3 is 2.48 bits per heavy atom. The van der Waals surface area contributed by atoms with Crippen molar-refractivity contribution < 1.29 is 19.2 Å². The number of esters is 1. The largest absolute Gasteiger partial charge is 0.465 e. The molecule has 0 aliphatic heterocycles. The van der Waals surface area contributed by atoms with Crippen LogP contribution < -0.4 is 5.32 Å². The summed E-state index contributed by atoms with van der Waals surface area (Å²) in [7, 11) is 1.17. The first-order valence-electron chi connectivity index (χ1n) is 7.35. The number of rotatable bonds is 7. The molecule has 1 N–H and O–H groups in total. The topological polar surface area (TPSA) is 98.5 Å². The number of hydrogen-bond donors (Lipinski definition) is 1. The van der Waals surface area contributed by atoms with Crippen LogP contribution in [0.5, 0.6) is 0 Å². The van der Waals surface area contributed by atoms with E-state index in [-0.39, 0.29) is 16.8 Å². The minimum absolute atomic E-state index is 0.0410. The molecule has 2 rings (SSSR count). The first-order valence-corrected chi connectivity index (χ1v) is 8.33. The van der Waals surface area contributed by atoms with E-state index in [1.165, 1.54) is 13.2 Å². The SMILES string of the molecule is COC(=O)c1cc(C(=O)NCCSc2ccccc2)cc([N+](=O)[O-])c1. The number of nitrogens with zero attached hydrogens (tertiary/aromatic N) is 1. The maximum atomic E-state index is 12.2. The number of carbonyl (C=O) groups is 2. The Hall–Kier alpha value is -2.87. The van der Waals surface area contributed by atoms with Gasteiger partial charge < -0.3 is 10.1 Å². The monoisotopic (exact) mass is 360 g/mol. The van der Waals surface area contributed by atoms with Crippen LogP contribution in [0.3, 0.4) is 0 Å². The second-order valence-electron chi connectivity index (χ2n) is 4.93. The summed E-state index contributed by atoms with van der Waals surface area (Å²) in [5, 5.41) is 13.7. The molecule has 1 amide bonds. The Bertz CT molecular complexity index is 780. The number of nitro benzene ring substituents is 1. The molecular weight excluding hydrogens is 344 g/mol. The van der Waals surface area contributed by atoms with E-state index in [0.717, 1.165) is 17.0 Å². The number of nitro groups is 1. The molecule has 0 saturated carbocycles. The highest BCUT2D eigenvalue weighted by molar-refractivity contribution is 7.99. The number of methoxy groups -OCH3 is 1. The summed E-state index contributed by atoms with van der Waals surface area (Å²) in [4.78, 5) is 35.2. The zero-order valence-corrected chi connectivity index (χ0v) is 14.2. The maximum Gasteiger partial charge on any atom is 0.338 e. The standard InChI is InChI=1S/C17H16N2O5S/c1-24-17(21)13-9-12(10-14(11-13)19(22)23)16(20)18-7-8-25-15-5-3-2-4-6-15/h2-6,9-11H,7-8H2,1H3,(H,18,20). The molecule has 0 aliphatic carbocycles. The number of benzene rings is 2. The van der Waals surface area contributed by atoms with Crippen LogP contribution in [0.2, 0.25) is 0 Å². The maximum absolute atomic E-state index is 12.2. The van der Waals surface area contributed by atoms with Crippen LogP contribution >= 0.6 is 11.8 Å². The fourth-order valence-corrected chi connectivity index (χ4v) is 2.83. The van der Waals surface area contributed by atoms with Gasteiger partial charge in [-0.2, -0.15) is 0 Å². The summed E-state index contributed by atoms with van der Waals surface area (Å²) in [6, 6.07) is 13.2. The van der Waals surface area contributed by atoms with Crippen molar-refractivity contribution in [3.05, 3.63) is 69.8 Å². The van der Waals surface area contributed by atoms with Crippen LogP contribution in [0.4, 0.5) is 5.69 Å². The van der Waals surface area contributed by atoms with Crippen molar-refractivity contribution in [3.8, 4) is 0 Å². The number of non-ortho nitro benzene ring substituents is 1. The van der Waals surface area contributed by atoms with Crippen LogP contribution in [0, 0.1) is 10.1 Å². The molecule has 0 spiro atoms. The highest BCUT2D eigenvalue weighted by Crippen LogP contribution is 2.19. The fourth-order valence-electron chi connectivity index (χ4n) is 2.04. The molecule has 0 saturated heterocycles. The van der Waals surface area contributed by atoms with Crippen molar-refractivity contribution in [2.45, 2.75) is 4.90 Å². The zero-order valence-electron chi connectivity index (χ0n) is 13.4. The molecule has 0 heterocycles. The molecule has 0 radical (unpaired) electrons. The van der Waals surface area contributed by atoms with E-state index in [0.29, 0.717) is 12.3 Å². The van der Waals surface area contributed by atoms with Gasteiger partial charge in [-0.15, -0.1) is 11.8 Å². The van der Waals surface area contributed by atoms with E-state index in [1.807, 2.05) is 30.3 Å². The van der Waals surface area contributed by atoms with Gasteiger partial charge in [-0.1, -0.05) is 18.2 Å². The lowest BCUT2D eigenvalue weighted by Gasteiger charge is -2.07. The molecule has 25 heavy (non-hydrogen) atoms. The number of nitrogens with one attached hydrogen (secondary N) is 1. The highest BCUT2D eigenvalue weighted by Gasteiger charge is 2.18. The molecule has 2 aromatic rings. The summed E-state index contributed by atoms with van der Waals surface area (Å²) in [6.45, 7) is 0.384. The summed E-state index contributed by atoms with van der Waals surface area (Å²) in [5.74, 6) is -0.575. The van der Waals surface area contributed by atoms with Crippen molar-refractivity contribution in [3.63, 3.8) is 0 Å². The van der Waals surface area contributed by atoms with Gasteiger partial charge in [0.2, 0.25) is 0 Å². The van der Waals surface area contributed by atoms with Crippen LogP contribution in [0.15, 0.2) is 53.4 Å². The molecule has 8 heteroatoms. The van der Waals surface area contributed by atoms with E-state index in [9.17, 15) is 19.7 Å². The van der Waals surface area contributed by atoms with E-state index in [1.54, 1.807) is 11.8 Å². The number of carbonyl (C=O) groups excluding carboxylic acids is 2. The molecule has 0 atom stereocenters. The van der Waals surface area contributed by atoms with Crippen molar-refractivity contribution in [1.82, 2.24) is 5.32 Å². The Labute approximate surface area is 148 Å². The predicted octanol–water partition coefficient (Wildman–Crippen LogP) is 2.90. The molecule has 2 aromatic carbocycles. The van der Waals surface area contributed by atoms with Gasteiger partial charge in [-0.25, -0.2) is 4.79 Å². The second kappa shape index (κ2) is 8.84. The lowest BCUT2D eigenvalue weighted by molar-refractivity contribution is -0.384. The normalized spacial score (nSPS) is 10.1. The lowest BCUT2D eigenvalue weighted by Crippen LogP contribution is -2.26. The van der Waals surface area contributed by atoms with Crippen molar-refractivity contribution in [1.29, 1.82) is 0 Å². The summed E-state index contributed by atoms with van der Waals surface area (Å²) >= 11 is 1.58. The van der Waals surface area contributed by atoms with E-state index >= 15 is 0 Å². The Balaban J connectivity index is 2.01. The third-order valence-corrected chi connectivity index (χ3v) is 4.23. The molecule has 130 valence electrons. The molecule has 7 nitrogen and oxygen atoms in total. The third kappa shape index (κ3) is 5.32. The zero-order chi connectivity index (χ0) is 18.2. The second-order valence-corrected chi connectivity index (χ2v) is 6.10. The van der Waals surface area contributed by atoms with Crippen LogP contribution in [-0.4, -0.2) is 36.2 Å². The fraction of sp³-hybridized carbons (Fsp3) is 0.176. The number of thioether (sulfide) groups is 1. The van der Waals surface area contributed by atoms with Crippen molar-refractivity contribution >= 4 is 29.3 Å². The van der Waals surface area contributed by atoms with Gasteiger partial charge in [0, 0.05) is 34.9 Å². The molecule has 0 aromatic heterocycles. The summed E-state index contributed by atoms with van der Waals surface area (Å²) < 4.78 is 4.56. The van der Waals surface area contributed by atoms with Crippen molar-refractivity contribution in [2.75, 3.05) is 19.4 Å². The van der Waals surface area contributed by atoms with Crippen LogP contribution in [-0.2, 0) is 4.74 Å². The smallest absolute Gasteiger partial charge is 0.338 e. The quantitative estimate of drug-likeness (QED) is 0.268. The highest BCUT2D eigenvalue weighted by atomic mass is 32.2. The molecule has 0 aliphatic rings. The first kappa shape index (κ1) is 18.5. The summed E-state index contributed by atoms with van der Waals surface area (Å²) in [6.07, 6.45) is 0. The molecular formula is C17H16N2O5S. The van der Waals surface area contributed by atoms with Crippen LogP contribution in [0.1, 0.15) is 20.7 Å². The average Bonchev–Trinajstić information content (AvgIpc) is 2.64. The number of ether oxygens (including phenoxy) is 1. The minimum Gasteiger partial charge on any atom is -0.465 e. The average molecular weight is 360 g/mol. The Morgan fingerprint density at radius 2 is 1.84 bits per heavy atom. The molecule has 0 bridgehead atoms. The minimum atomic E-state index is -0.739. The van der Waals surface area contributed by atoms with Gasteiger partial charge in [-0.05, 0) is 18.2 Å². The van der Waals surface area contributed by atoms with Gasteiger partial charge in [0.15, 0.2) is 0 Å². The van der Waals surface area contributed by atoms with E-state index in [4.69, 9.17) is 0 Å². The number of amides is 1. The van der Waals surface area contributed by atoms with Gasteiger partial charge in [0.1, 0.15) is 0 Å². The first-order chi connectivity index (χ1) is 12.0. The van der Waals surface area contributed by atoms with E-state index in [2.05, 4.69) is 10.1 Å². The Morgan fingerprint density at radius 1 is 1.16 bits per heavy atom. The predicted molar refractivity (Wildman–Crippen MR) is 93.9 cm³/mol. The van der Waals surface area contributed by atoms with Crippen LogP contribution in [0.25, 0.3) is 0 Å². The van der Waals surface area contributed by atoms with Gasteiger partial charge in [-0.3, -0.25) is 14.9 Å². The van der Waals surface area contributed by atoms with Gasteiger partial charge in [0.25, 0.3) is 11.6 Å². The molecule has 0 unspecified atom stereocenters. The van der Waals surface area contributed by atoms with Gasteiger partial charge in [0.05, 0.1) is 17.6 Å². The molecule has 0 fully saturated rings. The third-order valence-electron chi connectivity index (χ3n) is 3.21. The summed E-state index contributed by atoms with van der Waals surface area (Å²) in [5.41, 5.74) is -0.341. The number of hydrogen-bond acceptors (Lipinski definition) is 6. The lowest BCUT2D eigenvalue weighted by atomic mass is 10.1. The Kier molecular flexibility index (Phi) is 6.53.